The largest absolute Gasteiger partial charge is 0.373 e. The zero-order valence-corrected chi connectivity index (χ0v) is 12.8. The Morgan fingerprint density at radius 2 is 1.79 bits per heavy atom. The topological polar surface area (TPSA) is 71.1 Å². The molecule has 0 radical (unpaired) electrons. The molecule has 1 heterocycles. The number of nitrogens with zero attached hydrogens (tertiary/aromatic N) is 1. The minimum Gasteiger partial charge on any atom is -0.373 e. The maximum Gasteiger partial charge on any atom is 0.241 e. The van der Waals surface area contributed by atoms with Gasteiger partial charge in [0, 0.05) is 24.8 Å². The molecule has 0 aromatic carbocycles. The molecule has 0 saturated heterocycles. The van der Waals surface area contributed by atoms with Crippen LogP contribution in [0.3, 0.4) is 0 Å². The molecule has 0 amide bonds. The molecule has 1 aromatic rings. The summed E-state index contributed by atoms with van der Waals surface area (Å²) < 4.78 is 27.7. The Bertz CT molecular complexity index is 502. The molecule has 0 bridgehead atoms. The molecule has 0 atom stereocenters. The fraction of sp³-hybridized carbons (Fsp3) is 0.615. The monoisotopic (exact) mass is 285 g/mol. The van der Waals surface area contributed by atoms with Gasteiger partial charge in [0.25, 0.3) is 0 Å². The van der Waals surface area contributed by atoms with Crippen LogP contribution in [0, 0.1) is 0 Å². The van der Waals surface area contributed by atoms with Crippen LogP contribution in [0.1, 0.15) is 40.0 Å². The number of sulfonamides is 1. The van der Waals surface area contributed by atoms with Gasteiger partial charge in [-0.05, 0) is 25.3 Å². The average Bonchev–Trinajstić information content (AvgIpc) is 2.45. The minimum atomic E-state index is -3.52. The highest BCUT2D eigenvalue weighted by atomic mass is 32.2. The fourth-order valence-electron chi connectivity index (χ4n) is 2.03. The van der Waals surface area contributed by atoms with Gasteiger partial charge in [-0.1, -0.05) is 20.8 Å². The zero-order valence-electron chi connectivity index (χ0n) is 12.0. The SMILES string of the molecule is CCC(CC)(CC)NS(=O)(=O)c1ccnc(NC)c1. The van der Waals surface area contributed by atoms with Crippen LogP contribution in [-0.4, -0.2) is 26.0 Å². The number of pyridine rings is 1. The van der Waals surface area contributed by atoms with Crippen molar-refractivity contribution in [1.82, 2.24) is 9.71 Å². The van der Waals surface area contributed by atoms with Crippen molar-refractivity contribution in [1.29, 1.82) is 0 Å². The zero-order chi connectivity index (χ0) is 14.5. The Morgan fingerprint density at radius 1 is 1.21 bits per heavy atom. The van der Waals surface area contributed by atoms with E-state index in [0.29, 0.717) is 5.82 Å². The first-order chi connectivity index (χ1) is 8.93. The van der Waals surface area contributed by atoms with Crippen molar-refractivity contribution in [2.75, 3.05) is 12.4 Å². The predicted molar refractivity (Wildman–Crippen MR) is 77.7 cm³/mol. The third-order valence-electron chi connectivity index (χ3n) is 3.68. The molecule has 2 N–H and O–H groups in total. The second kappa shape index (κ2) is 6.34. The molecule has 0 spiro atoms. The molecule has 6 heteroatoms. The Balaban J connectivity index is 3.10. The van der Waals surface area contributed by atoms with Gasteiger partial charge in [0.1, 0.15) is 5.82 Å². The molecular weight excluding hydrogens is 262 g/mol. The number of nitrogens with one attached hydrogen (secondary N) is 2. The van der Waals surface area contributed by atoms with Gasteiger partial charge in [0.2, 0.25) is 10.0 Å². The molecule has 1 rings (SSSR count). The predicted octanol–water partition coefficient (Wildman–Crippen LogP) is 2.37. The van der Waals surface area contributed by atoms with Crippen molar-refractivity contribution in [2.24, 2.45) is 0 Å². The molecule has 0 saturated carbocycles. The van der Waals surface area contributed by atoms with E-state index in [1.54, 1.807) is 7.05 Å². The van der Waals surface area contributed by atoms with Crippen LogP contribution >= 0.6 is 0 Å². The lowest BCUT2D eigenvalue weighted by molar-refractivity contribution is 0.341. The molecule has 1 aromatic heterocycles. The van der Waals surface area contributed by atoms with Gasteiger partial charge < -0.3 is 5.32 Å². The van der Waals surface area contributed by atoms with Gasteiger partial charge in [0.15, 0.2) is 0 Å². The van der Waals surface area contributed by atoms with Gasteiger partial charge in [0.05, 0.1) is 4.90 Å². The van der Waals surface area contributed by atoms with E-state index in [1.807, 2.05) is 20.8 Å². The lowest BCUT2D eigenvalue weighted by atomic mass is 9.91. The Hall–Kier alpha value is -1.14. The van der Waals surface area contributed by atoms with Crippen LogP contribution in [0.2, 0.25) is 0 Å². The second-order valence-electron chi connectivity index (χ2n) is 4.57. The number of anilines is 1. The van der Waals surface area contributed by atoms with E-state index in [0.717, 1.165) is 19.3 Å². The summed E-state index contributed by atoms with van der Waals surface area (Å²) in [6.45, 7) is 6.00. The molecule has 0 aliphatic rings. The molecular formula is C13H23N3O2S. The summed E-state index contributed by atoms with van der Waals surface area (Å²) in [6.07, 6.45) is 3.79. The molecule has 0 aliphatic heterocycles. The smallest absolute Gasteiger partial charge is 0.241 e. The Labute approximate surface area is 115 Å². The van der Waals surface area contributed by atoms with E-state index in [1.165, 1.54) is 18.3 Å². The highest BCUT2D eigenvalue weighted by Crippen LogP contribution is 2.23. The van der Waals surface area contributed by atoms with Crippen molar-refractivity contribution in [2.45, 2.75) is 50.5 Å². The standard InChI is InChI=1S/C13H23N3O2S/c1-5-13(6-2,7-3)16-19(17,18)11-8-9-15-12(10-11)14-4/h8-10,16H,5-7H2,1-4H3,(H,14,15). The van der Waals surface area contributed by atoms with Crippen LogP contribution in [0.25, 0.3) is 0 Å². The number of hydrogen-bond donors (Lipinski definition) is 2. The first-order valence-electron chi connectivity index (χ1n) is 6.60. The van der Waals surface area contributed by atoms with E-state index in [4.69, 9.17) is 0 Å². The first-order valence-corrected chi connectivity index (χ1v) is 8.09. The summed E-state index contributed by atoms with van der Waals surface area (Å²) in [6, 6.07) is 3.04. The van der Waals surface area contributed by atoms with E-state index >= 15 is 0 Å². The maximum absolute atomic E-state index is 12.4. The normalized spacial score (nSPS) is 12.4. The molecule has 108 valence electrons. The highest BCUT2D eigenvalue weighted by molar-refractivity contribution is 7.89. The van der Waals surface area contributed by atoms with Crippen molar-refractivity contribution < 1.29 is 8.42 Å². The van der Waals surface area contributed by atoms with Crippen LogP contribution in [-0.2, 0) is 10.0 Å². The minimum absolute atomic E-state index is 0.242. The highest BCUT2D eigenvalue weighted by Gasteiger charge is 2.30. The van der Waals surface area contributed by atoms with E-state index < -0.39 is 10.0 Å². The van der Waals surface area contributed by atoms with Crippen molar-refractivity contribution >= 4 is 15.8 Å². The number of rotatable bonds is 7. The van der Waals surface area contributed by atoms with Crippen molar-refractivity contribution in [3.8, 4) is 0 Å². The van der Waals surface area contributed by atoms with Crippen molar-refractivity contribution in [3.05, 3.63) is 18.3 Å². The summed E-state index contributed by atoms with van der Waals surface area (Å²) >= 11 is 0. The average molecular weight is 285 g/mol. The molecule has 5 nitrogen and oxygen atoms in total. The summed E-state index contributed by atoms with van der Waals surface area (Å²) in [4.78, 5) is 4.27. The summed E-state index contributed by atoms with van der Waals surface area (Å²) in [7, 11) is -1.81. The van der Waals surface area contributed by atoms with E-state index in [2.05, 4.69) is 15.0 Å². The van der Waals surface area contributed by atoms with Crippen molar-refractivity contribution in [3.63, 3.8) is 0 Å². The molecule has 19 heavy (non-hydrogen) atoms. The molecule has 0 fully saturated rings. The first kappa shape index (κ1) is 15.9. The van der Waals surface area contributed by atoms with Crippen LogP contribution < -0.4 is 10.0 Å². The maximum atomic E-state index is 12.4. The Morgan fingerprint density at radius 3 is 2.26 bits per heavy atom. The van der Waals surface area contributed by atoms with Gasteiger partial charge in [-0.25, -0.2) is 18.1 Å². The summed E-state index contributed by atoms with van der Waals surface area (Å²) in [5.74, 6) is 0.540. The Kier molecular flexibility index (Phi) is 5.31. The van der Waals surface area contributed by atoms with Crippen LogP contribution in [0.5, 0.6) is 0 Å². The third-order valence-corrected chi connectivity index (χ3v) is 5.26. The third kappa shape index (κ3) is 3.67. The number of aromatic nitrogens is 1. The van der Waals surface area contributed by atoms with Gasteiger partial charge in [-0.15, -0.1) is 0 Å². The lowest BCUT2D eigenvalue weighted by Crippen LogP contribution is -2.46. The summed E-state index contributed by atoms with van der Waals surface area (Å²) in [5, 5.41) is 2.84. The van der Waals surface area contributed by atoms with Gasteiger partial charge >= 0.3 is 0 Å². The molecule has 0 unspecified atom stereocenters. The lowest BCUT2D eigenvalue weighted by Gasteiger charge is -2.31. The quantitative estimate of drug-likeness (QED) is 0.807. The van der Waals surface area contributed by atoms with Gasteiger partial charge in [-0.2, -0.15) is 0 Å². The fourth-order valence-corrected chi connectivity index (χ4v) is 3.65. The second-order valence-corrected chi connectivity index (χ2v) is 6.26. The van der Waals surface area contributed by atoms with Gasteiger partial charge in [-0.3, -0.25) is 0 Å². The van der Waals surface area contributed by atoms with E-state index in [9.17, 15) is 8.42 Å². The van der Waals surface area contributed by atoms with E-state index in [-0.39, 0.29) is 10.4 Å². The molecule has 0 aliphatic carbocycles. The van der Waals surface area contributed by atoms with Crippen LogP contribution in [0.15, 0.2) is 23.2 Å². The van der Waals surface area contributed by atoms with Crippen LogP contribution in [0.4, 0.5) is 5.82 Å². The number of hydrogen-bond acceptors (Lipinski definition) is 4. The summed E-state index contributed by atoms with van der Waals surface area (Å²) in [5.41, 5.74) is -0.373.